The largest absolute Gasteiger partial charge is 0.315 e. The monoisotopic (exact) mass is 295 g/mol. The van der Waals surface area contributed by atoms with Crippen LogP contribution in [0.25, 0.3) is 0 Å². The standard InChI is InChI=1S/C16H29N3S/c1-18(2)16(7-4-8-16)14-19(3)11-10-17-9-5-15-6-12-20-13-15/h6,12-13,17H,4-5,7-11,14H2,1-3H3. The fraction of sp³-hybridized carbons (Fsp3) is 0.750. The Morgan fingerprint density at radius 3 is 2.60 bits per heavy atom. The Bertz CT molecular complexity index is 371. The highest BCUT2D eigenvalue weighted by molar-refractivity contribution is 7.07. The summed E-state index contributed by atoms with van der Waals surface area (Å²) in [6.45, 7) is 4.51. The van der Waals surface area contributed by atoms with E-state index in [1.165, 1.54) is 31.4 Å². The van der Waals surface area contributed by atoms with Crippen LogP contribution in [0.1, 0.15) is 24.8 Å². The number of thiophene rings is 1. The summed E-state index contributed by atoms with van der Waals surface area (Å²) in [6.07, 6.45) is 5.26. The Kier molecular flexibility index (Phi) is 6.02. The Balaban J connectivity index is 1.57. The summed E-state index contributed by atoms with van der Waals surface area (Å²) in [5.74, 6) is 0. The van der Waals surface area contributed by atoms with Crippen LogP contribution in [0.2, 0.25) is 0 Å². The molecule has 1 heterocycles. The molecule has 0 aromatic carbocycles. The van der Waals surface area contributed by atoms with Crippen molar-refractivity contribution in [1.82, 2.24) is 15.1 Å². The summed E-state index contributed by atoms with van der Waals surface area (Å²) in [4.78, 5) is 4.91. The lowest BCUT2D eigenvalue weighted by molar-refractivity contribution is 0.0282. The van der Waals surface area contributed by atoms with E-state index in [9.17, 15) is 0 Å². The van der Waals surface area contributed by atoms with Crippen molar-refractivity contribution in [2.24, 2.45) is 0 Å². The average Bonchev–Trinajstić information content (AvgIpc) is 2.86. The highest BCUT2D eigenvalue weighted by atomic mass is 32.1. The summed E-state index contributed by atoms with van der Waals surface area (Å²) in [7, 11) is 6.71. The van der Waals surface area contributed by atoms with Crippen molar-refractivity contribution in [3.05, 3.63) is 22.4 Å². The Morgan fingerprint density at radius 2 is 2.05 bits per heavy atom. The van der Waals surface area contributed by atoms with Gasteiger partial charge in [-0.1, -0.05) is 0 Å². The first-order valence-corrected chi connectivity index (χ1v) is 8.64. The van der Waals surface area contributed by atoms with Crippen molar-refractivity contribution in [2.45, 2.75) is 31.2 Å². The number of nitrogens with one attached hydrogen (secondary N) is 1. The molecule has 0 radical (unpaired) electrons. The van der Waals surface area contributed by atoms with Crippen molar-refractivity contribution >= 4 is 11.3 Å². The van der Waals surface area contributed by atoms with E-state index in [1.807, 2.05) is 0 Å². The molecule has 3 nitrogen and oxygen atoms in total. The van der Waals surface area contributed by atoms with Crippen LogP contribution in [-0.4, -0.2) is 62.7 Å². The first kappa shape index (κ1) is 16.0. The van der Waals surface area contributed by atoms with Crippen LogP contribution in [-0.2, 0) is 6.42 Å². The van der Waals surface area contributed by atoms with E-state index in [0.717, 1.165) is 26.1 Å². The predicted octanol–water partition coefficient (Wildman–Crippen LogP) is 2.30. The van der Waals surface area contributed by atoms with Gasteiger partial charge in [-0.15, -0.1) is 0 Å². The second kappa shape index (κ2) is 7.55. The number of nitrogens with zero attached hydrogens (tertiary/aromatic N) is 2. The molecule has 0 aliphatic heterocycles. The topological polar surface area (TPSA) is 18.5 Å². The molecule has 4 heteroatoms. The molecular weight excluding hydrogens is 266 g/mol. The quantitative estimate of drug-likeness (QED) is 0.705. The normalized spacial score (nSPS) is 17.6. The minimum atomic E-state index is 0.450. The van der Waals surface area contributed by atoms with Gasteiger partial charge in [-0.05, 0) is 75.8 Å². The van der Waals surface area contributed by atoms with Crippen molar-refractivity contribution in [3.8, 4) is 0 Å². The molecule has 1 aromatic rings. The van der Waals surface area contributed by atoms with Gasteiger partial charge in [0.15, 0.2) is 0 Å². The third-order valence-electron chi connectivity index (χ3n) is 4.64. The van der Waals surface area contributed by atoms with E-state index in [4.69, 9.17) is 0 Å². The minimum absolute atomic E-state index is 0.450. The van der Waals surface area contributed by atoms with Crippen molar-refractivity contribution in [2.75, 3.05) is 47.3 Å². The van der Waals surface area contributed by atoms with Gasteiger partial charge in [-0.2, -0.15) is 11.3 Å². The molecule has 0 saturated heterocycles. The highest BCUT2D eigenvalue weighted by Crippen LogP contribution is 2.36. The summed E-state index contributed by atoms with van der Waals surface area (Å²) in [5.41, 5.74) is 1.91. The second-order valence-electron chi connectivity index (χ2n) is 6.34. The van der Waals surface area contributed by atoms with Crippen LogP contribution in [0.4, 0.5) is 0 Å². The van der Waals surface area contributed by atoms with Gasteiger partial charge in [0, 0.05) is 25.2 Å². The minimum Gasteiger partial charge on any atom is -0.315 e. The van der Waals surface area contributed by atoms with Gasteiger partial charge < -0.3 is 15.1 Å². The van der Waals surface area contributed by atoms with Crippen molar-refractivity contribution in [3.63, 3.8) is 0 Å². The maximum absolute atomic E-state index is 3.55. The van der Waals surface area contributed by atoms with Gasteiger partial charge in [0.05, 0.1) is 0 Å². The SMILES string of the molecule is CN(CCNCCc1ccsc1)CC1(N(C)C)CCC1. The van der Waals surface area contributed by atoms with Gasteiger partial charge in [0.2, 0.25) is 0 Å². The number of hydrogen-bond donors (Lipinski definition) is 1. The molecule has 1 saturated carbocycles. The molecule has 0 spiro atoms. The van der Waals surface area contributed by atoms with E-state index in [1.54, 1.807) is 11.3 Å². The Hall–Kier alpha value is -0.420. The fourth-order valence-electron chi connectivity index (χ4n) is 2.98. The molecule has 0 atom stereocenters. The third-order valence-corrected chi connectivity index (χ3v) is 5.37. The first-order chi connectivity index (χ1) is 9.62. The summed E-state index contributed by atoms with van der Waals surface area (Å²) in [6, 6.07) is 2.22. The zero-order valence-corrected chi connectivity index (χ0v) is 14.0. The van der Waals surface area contributed by atoms with Crippen molar-refractivity contribution in [1.29, 1.82) is 0 Å². The van der Waals surface area contributed by atoms with Gasteiger partial charge in [0.25, 0.3) is 0 Å². The zero-order valence-electron chi connectivity index (χ0n) is 13.2. The highest BCUT2D eigenvalue weighted by Gasteiger charge is 2.39. The molecule has 114 valence electrons. The molecule has 20 heavy (non-hydrogen) atoms. The van der Waals surface area contributed by atoms with Crippen LogP contribution in [0, 0.1) is 0 Å². The summed E-state index contributed by atoms with van der Waals surface area (Å²) >= 11 is 1.79. The fourth-order valence-corrected chi connectivity index (χ4v) is 3.68. The number of hydrogen-bond acceptors (Lipinski definition) is 4. The van der Waals surface area contributed by atoms with E-state index in [2.05, 4.69) is 53.1 Å². The van der Waals surface area contributed by atoms with Crippen LogP contribution >= 0.6 is 11.3 Å². The van der Waals surface area contributed by atoms with Crippen LogP contribution in [0.15, 0.2) is 16.8 Å². The van der Waals surface area contributed by atoms with Crippen molar-refractivity contribution < 1.29 is 0 Å². The van der Waals surface area contributed by atoms with Gasteiger partial charge >= 0.3 is 0 Å². The Morgan fingerprint density at radius 1 is 1.25 bits per heavy atom. The molecule has 1 aliphatic carbocycles. The summed E-state index contributed by atoms with van der Waals surface area (Å²) < 4.78 is 0. The maximum atomic E-state index is 3.55. The third kappa shape index (κ3) is 4.29. The smallest absolute Gasteiger partial charge is 0.0330 e. The van der Waals surface area contributed by atoms with E-state index < -0.39 is 0 Å². The van der Waals surface area contributed by atoms with Gasteiger partial charge in [-0.25, -0.2) is 0 Å². The average molecular weight is 295 g/mol. The molecule has 0 amide bonds. The lowest BCUT2D eigenvalue weighted by Crippen LogP contribution is -2.57. The molecular formula is C16H29N3S. The molecule has 1 aliphatic rings. The van der Waals surface area contributed by atoms with E-state index in [-0.39, 0.29) is 0 Å². The first-order valence-electron chi connectivity index (χ1n) is 7.70. The molecule has 1 aromatic heterocycles. The maximum Gasteiger partial charge on any atom is 0.0330 e. The lowest BCUT2D eigenvalue weighted by atomic mass is 9.75. The summed E-state index contributed by atoms with van der Waals surface area (Å²) in [5, 5.41) is 7.95. The number of likely N-dealkylation sites (N-methyl/N-ethyl adjacent to an activating group) is 2. The second-order valence-corrected chi connectivity index (χ2v) is 7.12. The number of rotatable bonds is 9. The molecule has 0 bridgehead atoms. The van der Waals surface area contributed by atoms with E-state index >= 15 is 0 Å². The molecule has 1 fully saturated rings. The molecule has 1 N–H and O–H groups in total. The van der Waals surface area contributed by atoms with E-state index in [0.29, 0.717) is 5.54 Å². The molecule has 2 rings (SSSR count). The van der Waals surface area contributed by atoms with Crippen LogP contribution in [0.5, 0.6) is 0 Å². The predicted molar refractivity (Wildman–Crippen MR) is 88.7 cm³/mol. The van der Waals surface area contributed by atoms with Crippen LogP contribution in [0.3, 0.4) is 0 Å². The Labute approximate surface area is 128 Å². The zero-order chi connectivity index (χ0) is 14.4. The van der Waals surface area contributed by atoms with Gasteiger partial charge in [-0.3, -0.25) is 0 Å². The molecule has 0 unspecified atom stereocenters. The van der Waals surface area contributed by atoms with Crippen LogP contribution < -0.4 is 5.32 Å². The lowest BCUT2D eigenvalue weighted by Gasteiger charge is -2.49. The van der Waals surface area contributed by atoms with Gasteiger partial charge in [0.1, 0.15) is 0 Å².